The highest BCUT2D eigenvalue weighted by Crippen LogP contribution is 2.63. The molecule has 1 saturated carbocycles. The van der Waals surface area contributed by atoms with Gasteiger partial charge in [-0.15, -0.1) is 0 Å². The van der Waals surface area contributed by atoms with E-state index in [1.54, 1.807) is 11.1 Å². The van der Waals surface area contributed by atoms with Gasteiger partial charge in [0.1, 0.15) is 0 Å². The number of hydrogen-bond donors (Lipinski definition) is 0. The van der Waals surface area contributed by atoms with E-state index in [1.165, 1.54) is 7.11 Å². The minimum atomic E-state index is -0.543. The van der Waals surface area contributed by atoms with E-state index in [4.69, 9.17) is 4.74 Å². The molecule has 1 aromatic heterocycles. The largest absolute Gasteiger partial charge is 0.469 e. The Kier molecular flexibility index (Phi) is 3.39. The first-order valence-electron chi connectivity index (χ1n) is 8.60. The van der Waals surface area contributed by atoms with E-state index >= 15 is 0 Å². The van der Waals surface area contributed by atoms with E-state index in [0.717, 1.165) is 17.3 Å². The van der Waals surface area contributed by atoms with Gasteiger partial charge in [0, 0.05) is 24.7 Å². The highest BCUT2D eigenvalue weighted by molar-refractivity contribution is 5.98. The molecule has 0 unspecified atom stereocenters. The van der Waals surface area contributed by atoms with Crippen molar-refractivity contribution in [2.45, 2.75) is 20.3 Å². The maximum atomic E-state index is 13.0. The van der Waals surface area contributed by atoms with Gasteiger partial charge in [0.2, 0.25) is 0 Å². The Balaban J connectivity index is 1.63. The van der Waals surface area contributed by atoms with Crippen LogP contribution in [0.2, 0.25) is 0 Å². The zero-order chi connectivity index (χ0) is 17.8. The fraction of sp³-hybridized carbons (Fsp3) is 0.450. The molecule has 0 bridgehead atoms. The zero-order valence-electron chi connectivity index (χ0n) is 14.8. The van der Waals surface area contributed by atoms with Crippen molar-refractivity contribution in [3.05, 3.63) is 42.1 Å². The molecule has 1 amide bonds. The molecule has 1 aliphatic carbocycles. The van der Waals surface area contributed by atoms with E-state index in [9.17, 15) is 9.59 Å². The molecule has 2 atom stereocenters. The van der Waals surface area contributed by atoms with Crippen molar-refractivity contribution >= 4 is 22.8 Å². The van der Waals surface area contributed by atoms with Crippen molar-refractivity contribution < 1.29 is 14.3 Å². The minimum absolute atomic E-state index is 0.0465. The third-order valence-electron chi connectivity index (χ3n) is 5.97. The van der Waals surface area contributed by atoms with Crippen molar-refractivity contribution in [2.75, 3.05) is 20.2 Å². The number of methoxy groups -OCH3 is 1. The van der Waals surface area contributed by atoms with Gasteiger partial charge in [-0.3, -0.25) is 14.6 Å². The van der Waals surface area contributed by atoms with E-state index in [0.29, 0.717) is 18.7 Å². The predicted molar refractivity (Wildman–Crippen MR) is 94.0 cm³/mol. The van der Waals surface area contributed by atoms with Gasteiger partial charge in [-0.05, 0) is 29.9 Å². The van der Waals surface area contributed by atoms with Crippen LogP contribution in [0.15, 0.2) is 36.5 Å². The fourth-order valence-electron chi connectivity index (χ4n) is 4.90. The summed E-state index contributed by atoms with van der Waals surface area (Å²) in [7, 11) is 1.43. The first-order valence-corrected chi connectivity index (χ1v) is 8.60. The Morgan fingerprint density at radius 3 is 2.76 bits per heavy atom. The van der Waals surface area contributed by atoms with Crippen LogP contribution in [0.1, 0.15) is 30.6 Å². The number of carbonyl (C=O) groups is 2. The van der Waals surface area contributed by atoms with Crippen molar-refractivity contribution in [1.82, 2.24) is 9.88 Å². The van der Waals surface area contributed by atoms with E-state index in [1.807, 2.05) is 30.3 Å². The molecule has 2 fully saturated rings. The molecule has 130 valence electrons. The minimum Gasteiger partial charge on any atom is -0.469 e. The first-order chi connectivity index (χ1) is 11.9. The summed E-state index contributed by atoms with van der Waals surface area (Å²) in [6.07, 6.45) is 2.39. The van der Waals surface area contributed by atoms with Crippen LogP contribution in [0.25, 0.3) is 10.9 Å². The van der Waals surface area contributed by atoms with Crippen molar-refractivity contribution in [1.29, 1.82) is 0 Å². The summed E-state index contributed by atoms with van der Waals surface area (Å²) in [5.74, 6) is -0.111. The Morgan fingerprint density at radius 1 is 1.28 bits per heavy atom. The number of fused-ring (bicyclic) bond motifs is 2. The SMILES string of the molecule is COC(=O)[C@@]12CN(C(=O)c3cnc4ccccc4c3)C[C@@H]1C(C)(C)C2. The zero-order valence-corrected chi connectivity index (χ0v) is 14.8. The molecular formula is C20H22N2O3. The third kappa shape index (κ3) is 2.25. The molecule has 0 radical (unpaired) electrons. The average molecular weight is 338 g/mol. The molecule has 4 rings (SSSR count). The number of ether oxygens (including phenoxy) is 1. The third-order valence-corrected chi connectivity index (χ3v) is 5.97. The molecular weight excluding hydrogens is 316 g/mol. The van der Waals surface area contributed by atoms with Crippen LogP contribution in [0.5, 0.6) is 0 Å². The van der Waals surface area contributed by atoms with Crippen LogP contribution in [0, 0.1) is 16.7 Å². The van der Waals surface area contributed by atoms with Crippen molar-refractivity contribution in [2.24, 2.45) is 16.7 Å². The summed E-state index contributed by atoms with van der Waals surface area (Å²) in [6.45, 7) is 5.34. The summed E-state index contributed by atoms with van der Waals surface area (Å²) in [5, 5.41) is 0.943. The molecule has 2 aliphatic rings. The number of likely N-dealkylation sites (tertiary alicyclic amines) is 1. The number of carbonyl (C=O) groups excluding carboxylic acids is 2. The van der Waals surface area contributed by atoms with Crippen LogP contribution in [0.3, 0.4) is 0 Å². The lowest BCUT2D eigenvalue weighted by Gasteiger charge is -2.54. The molecule has 2 aromatic rings. The summed E-state index contributed by atoms with van der Waals surface area (Å²) in [6, 6.07) is 9.61. The van der Waals surface area contributed by atoms with Crippen LogP contribution in [0.4, 0.5) is 0 Å². The Morgan fingerprint density at radius 2 is 2.04 bits per heavy atom. The predicted octanol–water partition coefficient (Wildman–Crippen LogP) is 2.90. The van der Waals surface area contributed by atoms with Gasteiger partial charge >= 0.3 is 5.97 Å². The molecule has 1 saturated heterocycles. The first kappa shape index (κ1) is 16.1. The lowest BCUT2D eigenvalue weighted by atomic mass is 9.48. The van der Waals surface area contributed by atoms with Gasteiger partial charge < -0.3 is 9.64 Å². The number of esters is 1. The second-order valence-electron chi connectivity index (χ2n) is 7.97. The number of nitrogens with zero attached hydrogens (tertiary/aromatic N) is 2. The summed E-state index contributed by atoms with van der Waals surface area (Å²) in [5.41, 5.74) is 0.939. The molecule has 5 nitrogen and oxygen atoms in total. The Bertz CT molecular complexity index is 876. The maximum absolute atomic E-state index is 13.0. The number of aromatic nitrogens is 1. The lowest BCUT2D eigenvalue weighted by molar-refractivity contribution is -0.174. The molecule has 1 aliphatic heterocycles. The fourth-order valence-corrected chi connectivity index (χ4v) is 4.90. The lowest BCUT2D eigenvalue weighted by Crippen LogP contribution is -2.57. The highest BCUT2D eigenvalue weighted by atomic mass is 16.5. The maximum Gasteiger partial charge on any atom is 0.314 e. The summed E-state index contributed by atoms with van der Waals surface area (Å²) < 4.78 is 5.05. The number of rotatable bonds is 2. The Labute approximate surface area is 147 Å². The average Bonchev–Trinajstić information content (AvgIpc) is 2.96. The quantitative estimate of drug-likeness (QED) is 0.790. The second kappa shape index (κ2) is 5.28. The molecule has 2 heterocycles. The van der Waals surface area contributed by atoms with Gasteiger partial charge in [-0.2, -0.15) is 0 Å². The van der Waals surface area contributed by atoms with E-state index < -0.39 is 5.41 Å². The van der Waals surface area contributed by atoms with Crippen molar-refractivity contribution in [3.8, 4) is 0 Å². The topological polar surface area (TPSA) is 59.5 Å². The number of para-hydroxylation sites is 1. The summed E-state index contributed by atoms with van der Waals surface area (Å²) >= 11 is 0. The van der Waals surface area contributed by atoms with Gasteiger partial charge in [-0.25, -0.2) is 0 Å². The van der Waals surface area contributed by atoms with Gasteiger partial charge in [0.15, 0.2) is 0 Å². The molecule has 25 heavy (non-hydrogen) atoms. The number of pyridine rings is 1. The number of hydrogen-bond acceptors (Lipinski definition) is 4. The highest BCUT2D eigenvalue weighted by Gasteiger charge is 2.68. The molecule has 1 aromatic carbocycles. The van der Waals surface area contributed by atoms with Gasteiger partial charge in [-0.1, -0.05) is 32.0 Å². The molecule has 0 N–H and O–H groups in total. The second-order valence-corrected chi connectivity index (χ2v) is 7.97. The van der Waals surface area contributed by atoms with Gasteiger partial charge in [0.25, 0.3) is 5.91 Å². The monoisotopic (exact) mass is 338 g/mol. The normalized spacial score (nSPS) is 26.8. The standard InChI is InChI=1S/C20H22N2O3/c1-19(2)11-20(18(24)25-3)12-22(10-16(19)20)17(23)14-8-13-6-4-5-7-15(13)21-9-14/h4-9,16H,10-12H2,1-3H3/t16-,20+/m1/s1. The molecule has 0 spiro atoms. The summed E-state index contributed by atoms with van der Waals surface area (Å²) in [4.78, 5) is 31.6. The Hall–Kier alpha value is -2.43. The van der Waals surface area contributed by atoms with Gasteiger partial charge in [0.05, 0.1) is 23.6 Å². The van der Waals surface area contributed by atoms with Crippen LogP contribution in [-0.2, 0) is 9.53 Å². The van der Waals surface area contributed by atoms with E-state index in [2.05, 4.69) is 18.8 Å². The van der Waals surface area contributed by atoms with Crippen molar-refractivity contribution in [3.63, 3.8) is 0 Å². The number of benzene rings is 1. The number of amides is 1. The molecule has 5 heteroatoms. The van der Waals surface area contributed by atoms with E-state index in [-0.39, 0.29) is 23.2 Å². The van der Waals surface area contributed by atoms with Crippen LogP contribution < -0.4 is 0 Å². The smallest absolute Gasteiger partial charge is 0.314 e. The van der Waals surface area contributed by atoms with Crippen LogP contribution >= 0.6 is 0 Å². The van der Waals surface area contributed by atoms with Crippen LogP contribution in [-0.4, -0.2) is 42.0 Å².